The lowest BCUT2D eigenvalue weighted by Gasteiger charge is -2.30. The van der Waals surface area contributed by atoms with Crippen molar-refractivity contribution >= 4 is 5.97 Å². The van der Waals surface area contributed by atoms with E-state index in [0.29, 0.717) is 0 Å². The number of allylic oxidation sites excluding steroid dienone is 1. The zero-order valence-electron chi connectivity index (χ0n) is 7.25. The Bertz CT molecular complexity index is 190. The smallest absolute Gasteiger partial charge is 0.327 e. The van der Waals surface area contributed by atoms with Crippen LogP contribution in [0.4, 0.5) is 0 Å². The van der Waals surface area contributed by atoms with E-state index in [2.05, 4.69) is 6.92 Å². The molecule has 0 spiro atoms. The largest absolute Gasteiger partial charge is 0.478 e. The van der Waals surface area contributed by atoms with Gasteiger partial charge in [0, 0.05) is 19.3 Å². The summed E-state index contributed by atoms with van der Waals surface area (Å²) in [6.45, 7) is 3.54. The summed E-state index contributed by atoms with van der Waals surface area (Å²) in [5.74, 6) is -0.872. The zero-order chi connectivity index (χ0) is 9.03. The molecule has 0 bridgehead atoms. The zero-order valence-corrected chi connectivity index (χ0v) is 7.25. The van der Waals surface area contributed by atoms with Gasteiger partial charge in [0.1, 0.15) is 0 Å². The first-order chi connectivity index (χ1) is 5.62. The fourth-order valence-corrected chi connectivity index (χ4v) is 1.28. The quantitative estimate of drug-likeness (QED) is 0.638. The molecular formula is C9H14O3. The Morgan fingerprint density at radius 3 is 2.58 bits per heavy atom. The summed E-state index contributed by atoms with van der Waals surface area (Å²) in [7, 11) is 0. The standard InChI is InChI=1S/C9H14O3/c1-9(3-2-8(10)11)4-6-12-7-5-9/h2-3H,4-7H2,1H3,(H,10,11). The minimum absolute atomic E-state index is 0.0244. The molecule has 1 heterocycles. The molecule has 12 heavy (non-hydrogen) atoms. The molecule has 1 fully saturated rings. The van der Waals surface area contributed by atoms with Gasteiger partial charge in [-0.05, 0) is 18.3 Å². The van der Waals surface area contributed by atoms with E-state index in [1.165, 1.54) is 6.08 Å². The first kappa shape index (κ1) is 9.26. The molecule has 0 amide bonds. The summed E-state index contributed by atoms with van der Waals surface area (Å²) in [5, 5.41) is 8.44. The van der Waals surface area contributed by atoms with Crippen molar-refractivity contribution in [1.29, 1.82) is 0 Å². The van der Waals surface area contributed by atoms with Gasteiger partial charge in [0.2, 0.25) is 0 Å². The molecule has 0 radical (unpaired) electrons. The third kappa shape index (κ3) is 2.66. The summed E-state index contributed by atoms with van der Waals surface area (Å²) < 4.78 is 5.19. The number of rotatable bonds is 2. The van der Waals surface area contributed by atoms with Gasteiger partial charge < -0.3 is 9.84 Å². The number of carbonyl (C=O) groups is 1. The van der Waals surface area contributed by atoms with Gasteiger partial charge in [-0.15, -0.1) is 0 Å². The normalized spacial score (nSPS) is 22.8. The molecule has 0 aromatic rings. The molecule has 3 heteroatoms. The highest BCUT2D eigenvalue weighted by Gasteiger charge is 2.24. The van der Waals surface area contributed by atoms with Crippen LogP contribution in [0.2, 0.25) is 0 Å². The lowest BCUT2D eigenvalue weighted by atomic mass is 9.82. The van der Waals surface area contributed by atoms with E-state index in [-0.39, 0.29) is 5.41 Å². The summed E-state index contributed by atoms with van der Waals surface area (Å²) >= 11 is 0. The monoisotopic (exact) mass is 170 g/mol. The highest BCUT2D eigenvalue weighted by atomic mass is 16.5. The van der Waals surface area contributed by atoms with Crippen LogP contribution >= 0.6 is 0 Å². The molecule has 1 aliphatic rings. The average Bonchev–Trinajstić information content (AvgIpc) is 2.03. The Labute approximate surface area is 72.0 Å². The summed E-state index contributed by atoms with van der Waals surface area (Å²) in [4.78, 5) is 10.3. The Hall–Kier alpha value is -0.830. The highest BCUT2D eigenvalue weighted by Crippen LogP contribution is 2.30. The van der Waals surface area contributed by atoms with Gasteiger partial charge in [-0.3, -0.25) is 0 Å². The lowest BCUT2D eigenvalue weighted by molar-refractivity contribution is -0.131. The lowest BCUT2D eigenvalue weighted by Crippen LogP contribution is -2.24. The van der Waals surface area contributed by atoms with E-state index in [1.54, 1.807) is 6.08 Å². The van der Waals surface area contributed by atoms with Crippen LogP contribution in [0.3, 0.4) is 0 Å². The fourth-order valence-electron chi connectivity index (χ4n) is 1.28. The molecule has 1 rings (SSSR count). The molecule has 0 aromatic carbocycles. The van der Waals surface area contributed by atoms with E-state index in [9.17, 15) is 4.79 Å². The maximum absolute atomic E-state index is 10.3. The van der Waals surface area contributed by atoms with Crippen LogP contribution in [-0.4, -0.2) is 24.3 Å². The maximum Gasteiger partial charge on any atom is 0.327 e. The molecule has 0 atom stereocenters. The highest BCUT2D eigenvalue weighted by molar-refractivity contribution is 5.79. The topological polar surface area (TPSA) is 46.5 Å². The van der Waals surface area contributed by atoms with E-state index < -0.39 is 5.97 Å². The van der Waals surface area contributed by atoms with Crippen LogP contribution < -0.4 is 0 Å². The van der Waals surface area contributed by atoms with Gasteiger partial charge in [-0.2, -0.15) is 0 Å². The minimum Gasteiger partial charge on any atom is -0.478 e. The number of aliphatic carboxylic acids is 1. The van der Waals surface area contributed by atoms with Crippen molar-refractivity contribution in [2.75, 3.05) is 13.2 Å². The number of carboxylic acids is 1. The fraction of sp³-hybridized carbons (Fsp3) is 0.667. The first-order valence-electron chi connectivity index (χ1n) is 4.12. The Balaban J connectivity index is 2.52. The second-order valence-electron chi connectivity index (χ2n) is 3.44. The SMILES string of the molecule is CC1(C=CC(=O)O)CCOCC1. The van der Waals surface area contributed by atoms with E-state index >= 15 is 0 Å². The predicted molar refractivity (Wildman–Crippen MR) is 44.9 cm³/mol. The van der Waals surface area contributed by atoms with E-state index in [4.69, 9.17) is 9.84 Å². The Kier molecular flexibility index (Phi) is 2.87. The van der Waals surface area contributed by atoms with Gasteiger partial charge >= 0.3 is 5.97 Å². The summed E-state index contributed by atoms with van der Waals surface area (Å²) in [5.41, 5.74) is 0.0244. The van der Waals surface area contributed by atoms with Crippen molar-refractivity contribution < 1.29 is 14.6 Å². The maximum atomic E-state index is 10.3. The van der Waals surface area contributed by atoms with E-state index in [0.717, 1.165) is 26.1 Å². The molecule has 0 aromatic heterocycles. The Morgan fingerprint density at radius 2 is 2.08 bits per heavy atom. The number of hydrogen-bond acceptors (Lipinski definition) is 2. The van der Waals surface area contributed by atoms with Gasteiger partial charge in [-0.1, -0.05) is 13.0 Å². The molecule has 1 N–H and O–H groups in total. The van der Waals surface area contributed by atoms with Gasteiger partial charge in [0.25, 0.3) is 0 Å². The molecule has 0 unspecified atom stereocenters. The molecule has 3 nitrogen and oxygen atoms in total. The van der Waals surface area contributed by atoms with Crippen molar-refractivity contribution in [3.8, 4) is 0 Å². The molecular weight excluding hydrogens is 156 g/mol. The molecule has 1 saturated heterocycles. The molecule has 0 aliphatic carbocycles. The number of carboxylic acid groups (broad SMARTS) is 1. The predicted octanol–water partition coefficient (Wildman–Crippen LogP) is 1.44. The Morgan fingerprint density at radius 1 is 1.50 bits per heavy atom. The van der Waals surface area contributed by atoms with Crippen LogP contribution in [0.25, 0.3) is 0 Å². The van der Waals surface area contributed by atoms with Gasteiger partial charge in [0.05, 0.1) is 0 Å². The van der Waals surface area contributed by atoms with Crippen LogP contribution in [0.5, 0.6) is 0 Å². The third-order valence-corrected chi connectivity index (χ3v) is 2.26. The second-order valence-corrected chi connectivity index (χ2v) is 3.44. The van der Waals surface area contributed by atoms with Crippen molar-refractivity contribution in [1.82, 2.24) is 0 Å². The number of ether oxygens (including phenoxy) is 1. The summed E-state index contributed by atoms with van der Waals surface area (Å²) in [6.07, 6.45) is 4.83. The van der Waals surface area contributed by atoms with Gasteiger partial charge in [0.15, 0.2) is 0 Å². The van der Waals surface area contributed by atoms with Gasteiger partial charge in [-0.25, -0.2) is 4.79 Å². The van der Waals surface area contributed by atoms with Crippen molar-refractivity contribution in [2.45, 2.75) is 19.8 Å². The van der Waals surface area contributed by atoms with Crippen molar-refractivity contribution in [3.63, 3.8) is 0 Å². The van der Waals surface area contributed by atoms with Crippen LogP contribution in [0.15, 0.2) is 12.2 Å². The van der Waals surface area contributed by atoms with Crippen LogP contribution in [-0.2, 0) is 9.53 Å². The average molecular weight is 170 g/mol. The van der Waals surface area contributed by atoms with Crippen LogP contribution in [0, 0.1) is 5.41 Å². The third-order valence-electron chi connectivity index (χ3n) is 2.26. The van der Waals surface area contributed by atoms with Crippen LogP contribution in [0.1, 0.15) is 19.8 Å². The second kappa shape index (κ2) is 3.72. The molecule has 68 valence electrons. The van der Waals surface area contributed by atoms with E-state index in [1.807, 2.05) is 0 Å². The van der Waals surface area contributed by atoms with Crippen molar-refractivity contribution in [3.05, 3.63) is 12.2 Å². The summed E-state index contributed by atoms with van der Waals surface area (Å²) in [6, 6.07) is 0. The molecule has 1 aliphatic heterocycles. The minimum atomic E-state index is -0.872. The first-order valence-corrected chi connectivity index (χ1v) is 4.12. The molecule has 0 saturated carbocycles. The number of hydrogen-bond donors (Lipinski definition) is 1. The van der Waals surface area contributed by atoms with Crippen molar-refractivity contribution in [2.24, 2.45) is 5.41 Å².